The molecule has 1 rings (SSSR count). The highest BCUT2D eigenvalue weighted by Crippen LogP contribution is 2.00. The van der Waals surface area contributed by atoms with Crippen molar-refractivity contribution in [2.24, 2.45) is 5.10 Å². The Morgan fingerprint density at radius 1 is 1.37 bits per heavy atom. The number of amides is 2. The number of hydrogen-bond acceptors (Lipinski definition) is 3. The van der Waals surface area contributed by atoms with Crippen LogP contribution in [0.2, 0.25) is 0 Å². The van der Waals surface area contributed by atoms with Crippen LogP contribution in [0.15, 0.2) is 42.0 Å². The molecule has 0 saturated heterocycles. The molecule has 0 fully saturated rings. The highest BCUT2D eigenvalue weighted by atomic mass is 16.2. The highest BCUT2D eigenvalue weighted by molar-refractivity contribution is 5.97. The lowest BCUT2D eigenvalue weighted by Crippen LogP contribution is -2.29. The third kappa shape index (κ3) is 6.16. The second kappa shape index (κ2) is 7.81. The quantitative estimate of drug-likeness (QED) is 0.348. The fourth-order valence-electron chi connectivity index (χ4n) is 1.36. The molecule has 2 amide bonds. The largest absolute Gasteiger partial charge is 0.352 e. The van der Waals surface area contributed by atoms with Crippen LogP contribution in [0.25, 0.3) is 0 Å². The lowest BCUT2D eigenvalue weighted by molar-refractivity contribution is -0.129. The van der Waals surface area contributed by atoms with Crippen molar-refractivity contribution >= 4 is 18.0 Å². The zero-order chi connectivity index (χ0) is 14.1. The van der Waals surface area contributed by atoms with Crippen molar-refractivity contribution in [3.05, 3.63) is 48.0 Å². The third-order valence-corrected chi connectivity index (χ3v) is 2.21. The van der Waals surface area contributed by atoms with Crippen molar-refractivity contribution in [2.75, 3.05) is 6.54 Å². The van der Waals surface area contributed by atoms with E-state index in [1.54, 1.807) is 6.08 Å². The monoisotopic (exact) mass is 259 g/mol. The van der Waals surface area contributed by atoms with E-state index < -0.39 is 5.91 Å². The predicted octanol–water partition coefficient (Wildman–Crippen LogP) is 1.14. The molecule has 0 spiro atoms. The van der Waals surface area contributed by atoms with Crippen LogP contribution in [0.5, 0.6) is 0 Å². The Kier molecular flexibility index (Phi) is 6.02. The van der Waals surface area contributed by atoms with Crippen LogP contribution in [-0.4, -0.2) is 24.6 Å². The molecule has 0 aliphatic rings. The molecule has 2 N–H and O–H groups in total. The van der Waals surface area contributed by atoms with Crippen molar-refractivity contribution < 1.29 is 9.59 Å². The van der Waals surface area contributed by atoms with Crippen molar-refractivity contribution in [1.82, 2.24) is 10.7 Å². The lowest BCUT2D eigenvalue weighted by Gasteiger charge is -2.01. The Hall–Kier alpha value is -2.43. The van der Waals surface area contributed by atoms with E-state index in [9.17, 15) is 9.59 Å². The maximum atomic E-state index is 11.4. The van der Waals surface area contributed by atoms with E-state index in [1.165, 1.54) is 6.21 Å². The van der Waals surface area contributed by atoms with Gasteiger partial charge in [0.2, 0.25) is 11.8 Å². The molecule has 0 saturated carbocycles. The summed E-state index contributed by atoms with van der Waals surface area (Å²) in [4.78, 5) is 22.6. The summed E-state index contributed by atoms with van der Waals surface area (Å²) in [6, 6.07) is 7.69. The molecule has 1 aromatic carbocycles. The van der Waals surface area contributed by atoms with Gasteiger partial charge in [0.1, 0.15) is 6.42 Å². The van der Waals surface area contributed by atoms with Crippen LogP contribution >= 0.6 is 0 Å². The first-order chi connectivity index (χ1) is 9.11. The van der Waals surface area contributed by atoms with Gasteiger partial charge >= 0.3 is 0 Å². The fraction of sp³-hybridized carbons (Fsp3) is 0.214. The summed E-state index contributed by atoms with van der Waals surface area (Å²) < 4.78 is 0. The van der Waals surface area contributed by atoms with Crippen molar-refractivity contribution in [2.45, 2.75) is 13.3 Å². The van der Waals surface area contributed by atoms with Gasteiger partial charge in [0.05, 0.1) is 6.21 Å². The van der Waals surface area contributed by atoms with Gasteiger partial charge in [-0.15, -0.1) is 6.58 Å². The van der Waals surface area contributed by atoms with Crippen LogP contribution in [0, 0.1) is 6.92 Å². The lowest BCUT2D eigenvalue weighted by atomic mass is 10.2. The van der Waals surface area contributed by atoms with Gasteiger partial charge in [-0.2, -0.15) is 5.10 Å². The summed E-state index contributed by atoms with van der Waals surface area (Å²) in [5.41, 5.74) is 4.30. The van der Waals surface area contributed by atoms with Gasteiger partial charge in [0.25, 0.3) is 0 Å². The standard InChI is InChI=1S/C14H17N3O2/c1-3-7-15-13(18)9-14(19)17-16-10-12-6-4-5-11(2)8-12/h3-6,8,10H,1,7,9H2,2H3,(H,15,18)(H,17,19)/b16-10-. The van der Waals surface area contributed by atoms with Gasteiger partial charge in [-0.25, -0.2) is 5.43 Å². The summed E-state index contributed by atoms with van der Waals surface area (Å²) in [5.74, 6) is -0.811. The van der Waals surface area contributed by atoms with Crippen molar-refractivity contribution in [3.63, 3.8) is 0 Å². The minimum absolute atomic E-state index is 0.251. The smallest absolute Gasteiger partial charge is 0.249 e. The molecule has 0 aliphatic carbocycles. The predicted molar refractivity (Wildman–Crippen MR) is 74.7 cm³/mol. The maximum absolute atomic E-state index is 11.4. The Balaban J connectivity index is 2.37. The summed E-state index contributed by atoms with van der Waals surface area (Å²) in [7, 11) is 0. The van der Waals surface area contributed by atoms with Crippen LogP contribution in [0.1, 0.15) is 17.5 Å². The maximum Gasteiger partial charge on any atom is 0.249 e. The summed E-state index contributed by atoms with van der Waals surface area (Å²) in [5, 5.41) is 6.30. The molecule has 0 aromatic heterocycles. The minimum atomic E-state index is -0.453. The van der Waals surface area contributed by atoms with E-state index in [1.807, 2.05) is 31.2 Å². The zero-order valence-corrected chi connectivity index (χ0v) is 10.8. The fourth-order valence-corrected chi connectivity index (χ4v) is 1.36. The molecule has 19 heavy (non-hydrogen) atoms. The Morgan fingerprint density at radius 3 is 2.84 bits per heavy atom. The Labute approximate surface area is 112 Å². The number of benzene rings is 1. The second-order valence-electron chi connectivity index (χ2n) is 3.98. The van der Waals surface area contributed by atoms with Crippen LogP contribution in [0.4, 0.5) is 0 Å². The summed E-state index contributed by atoms with van der Waals surface area (Å²) in [6.07, 6.45) is 2.83. The number of aryl methyl sites for hydroxylation is 1. The molecular weight excluding hydrogens is 242 g/mol. The molecule has 5 heteroatoms. The van der Waals surface area contributed by atoms with E-state index in [0.29, 0.717) is 6.54 Å². The summed E-state index contributed by atoms with van der Waals surface area (Å²) >= 11 is 0. The van der Waals surface area contributed by atoms with Gasteiger partial charge in [-0.1, -0.05) is 35.9 Å². The van der Waals surface area contributed by atoms with Gasteiger partial charge in [0, 0.05) is 6.54 Å². The molecule has 0 radical (unpaired) electrons. The van der Waals surface area contributed by atoms with E-state index in [4.69, 9.17) is 0 Å². The van der Waals surface area contributed by atoms with E-state index in [2.05, 4.69) is 22.4 Å². The average Bonchev–Trinajstić information content (AvgIpc) is 2.36. The van der Waals surface area contributed by atoms with E-state index in [-0.39, 0.29) is 12.3 Å². The average molecular weight is 259 g/mol. The van der Waals surface area contributed by atoms with E-state index in [0.717, 1.165) is 11.1 Å². The number of hydrogen-bond donors (Lipinski definition) is 2. The molecule has 0 atom stereocenters. The number of nitrogens with one attached hydrogen (secondary N) is 2. The number of carbonyl (C=O) groups is 2. The molecule has 0 unspecified atom stereocenters. The molecule has 0 heterocycles. The third-order valence-electron chi connectivity index (χ3n) is 2.21. The number of rotatable bonds is 6. The molecule has 0 bridgehead atoms. The first-order valence-corrected chi connectivity index (χ1v) is 5.88. The van der Waals surface area contributed by atoms with Gasteiger partial charge in [0.15, 0.2) is 0 Å². The molecule has 100 valence electrons. The van der Waals surface area contributed by atoms with Crippen molar-refractivity contribution in [3.8, 4) is 0 Å². The number of nitrogens with zero attached hydrogens (tertiary/aromatic N) is 1. The Bertz CT molecular complexity index is 495. The second-order valence-corrected chi connectivity index (χ2v) is 3.98. The van der Waals surface area contributed by atoms with Crippen LogP contribution in [-0.2, 0) is 9.59 Å². The highest BCUT2D eigenvalue weighted by Gasteiger charge is 2.06. The number of hydrazone groups is 1. The zero-order valence-electron chi connectivity index (χ0n) is 10.8. The first-order valence-electron chi connectivity index (χ1n) is 5.88. The first kappa shape index (κ1) is 14.6. The Morgan fingerprint density at radius 2 is 2.16 bits per heavy atom. The molecular formula is C14H17N3O2. The SMILES string of the molecule is C=CCNC(=O)CC(=O)N/N=C\c1cccc(C)c1. The molecule has 0 aliphatic heterocycles. The van der Waals surface area contributed by atoms with Gasteiger partial charge in [-0.3, -0.25) is 9.59 Å². The minimum Gasteiger partial charge on any atom is -0.352 e. The van der Waals surface area contributed by atoms with Crippen LogP contribution in [0.3, 0.4) is 0 Å². The van der Waals surface area contributed by atoms with Crippen LogP contribution < -0.4 is 10.7 Å². The topological polar surface area (TPSA) is 70.6 Å². The summed E-state index contributed by atoms with van der Waals surface area (Å²) in [6.45, 7) is 5.78. The molecule has 1 aromatic rings. The number of carbonyl (C=O) groups excluding carboxylic acids is 2. The normalized spacial score (nSPS) is 10.2. The van der Waals surface area contributed by atoms with Crippen molar-refractivity contribution in [1.29, 1.82) is 0 Å². The van der Waals surface area contributed by atoms with E-state index >= 15 is 0 Å². The van der Waals surface area contributed by atoms with Gasteiger partial charge < -0.3 is 5.32 Å². The van der Waals surface area contributed by atoms with Gasteiger partial charge in [-0.05, 0) is 12.5 Å². The molecule has 5 nitrogen and oxygen atoms in total.